The van der Waals surface area contributed by atoms with Crippen molar-refractivity contribution in [3.63, 3.8) is 0 Å². The van der Waals surface area contributed by atoms with Gasteiger partial charge in [-0.25, -0.2) is 0 Å². The summed E-state index contributed by atoms with van der Waals surface area (Å²) < 4.78 is 0. The third-order valence-corrected chi connectivity index (χ3v) is 3.01. The van der Waals surface area contributed by atoms with Crippen LogP contribution in [0.5, 0.6) is 0 Å². The summed E-state index contributed by atoms with van der Waals surface area (Å²) in [4.78, 5) is 0. The molecule has 0 saturated carbocycles. The molecule has 0 aliphatic heterocycles. The lowest BCUT2D eigenvalue weighted by atomic mass is 10.0. The summed E-state index contributed by atoms with van der Waals surface area (Å²) in [5.41, 5.74) is 4.28. The normalized spacial score (nSPS) is 9.81. The van der Waals surface area contributed by atoms with Gasteiger partial charge in [0.1, 0.15) is 0 Å². The van der Waals surface area contributed by atoms with Crippen molar-refractivity contribution in [2.75, 3.05) is 0 Å². The van der Waals surface area contributed by atoms with Crippen LogP contribution >= 0.6 is 9.24 Å². The maximum absolute atomic E-state index is 8.74. The van der Waals surface area contributed by atoms with Gasteiger partial charge in [0.15, 0.2) is 0 Å². The summed E-state index contributed by atoms with van der Waals surface area (Å²) in [6, 6.07) is 16.1. The fourth-order valence-electron chi connectivity index (χ4n) is 1.67. The van der Waals surface area contributed by atoms with E-state index >= 15 is 0 Å². The summed E-state index contributed by atoms with van der Waals surface area (Å²) in [5.74, 6) is 0. The van der Waals surface area contributed by atoms with Gasteiger partial charge in [0, 0.05) is 0 Å². The first kappa shape index (κ1) is 10.9. The maximum atomic E-state index is 8.74. The highest BCUT2D eigenvalue weighted by molar-refractivity contribution is 7.28. The largest absolute Gasteiger partial charge is 0.192 e. The molecule has 78 valence electrons. The Morgan fingerprint density at radius 2 is 1.75 bits per heavy atom. The Hall–Kier alpha value is -1.64. The molecule has 16 heavy (non-hydrogen) atoms. The highest BCUT2D eigenvalue weighted by atomic mass is 31.0. The summed E-state index contributed by atoms with van der Waals surface area (Å²) in [6.45, 7) is 2.08. The summed E-state index contributed by atoms with van der Waals surface area (Å²) in [6.07, 6.45) is 0. The number of benzene rings is 2. The van der Waals surface area contributed by atoms with Gasteiger partial charge in [0.2, 0.25) is 0 Å². The van der Waals surface area contributed by atoms with Crippen LogP contribution in [0.4, 0.5) is 0 Å². The Labute approximate surface area is 97.9 Å². The number of nitrogens with zero attached hydrogens (tertiary/aromatic N) is 1. The van der Waals surface area contributed by atoms with Crippen molar-refractivity contribution in [1.82, 2.24) is 0 Å². The highest BCUT2D eigenvalue weighted by Crippen LogP contribution is 2.20. The van der Waals surface area contributed by atoms with Gasteiger partial charge in [-0.3, -0.25) is 0 Å². The second-order valence-electron chi connectivity index (χ2n) is 3.78. The number of aryl methyl sites for hydroxylation is 1. The standard InChI is InChI=1S/C14H12NP/c1-10-2-7-13(14(16)8-10)12-5-3-11(9-15)4-6-12/h2-8H,16H2,1H3. The van der Waals surface area contributed by atoms with Crippen molar-refractivity contribution in [2.24, 2.45) is 0 Å². The fraction of sp³-hybridized carbons (Fsp3) is 0.0714. The quantitative estimate of drug-likeness (QED) is 0.684. The number of hydrogen-bond acceptors (Lipinski definition) is 1. The van der Waals surface area contributed by atoms with Crippen LogP contribution in [-0.4, -0.2) is 0 Å². The molecule has 0 bridgehead atoms. The summed E-state index contributed by atoms with van der Waals surface area (Å²) in [7, 11) is 2.75. The van der Waals surface area contributed by atoms with E-state index in [1.807, 2.05) is 24.3 Å². The zero-order chi connectivity index (χ0) is 11.5. The van der Waals surface area contributed by atoms with Crippen LogP contribution in [0.15, 0.2) is 42.5 Å². The van der Waals surface area contributed by atoms with Gasteiger partial charge in [-0.2, -0.15) is 5.26 Å². The highest BCUT2D eigenvalue weighted by Gasteiger charge is 2.01. The average molecular weight is 225 g/mol. The van der Waals surface area contributed by atoms with Crippen LogP contribution in [-0.2, 0) is 0 Å². The van der Waals surface area contributed by atoms with E-state index in [1.54, 1.807) is 0 Å². The van der Waals surface area contributed by atoms with E-state index in [0.29, 0.717) is 5.56 Å². The van der Waals surface area contributed by atoms with Crippen LogP contribution < -0.4 is 5.30 Å². The first-order valence-electron chi connectivity index (χ1n) is 5.07. The van der Waals surface area contributed by atoms with E-state index in [-0.39, 0.29) is 0 Å². The van der Waals surface area contributed by atoms with E-state index in [4.69, 9.17) is 5.26 Å². The van der Waals surface area contributed by atoms with Crippen molar-refractivity contribution in [3.05, 3.63) is 53.6 Å². The number of rotatable bonds is 1. The molecular weight excluding hydrogens is 213 g/mol. The topological polar surface area (TPSA) is 23.8 Å². The first-order valence-corrected chi connectivity index (χ1v) is 5.65. The Morgan fingerprint density at radius 3 is 2.31 bits per heavy atom. The maximum Gasteiger partial charge on any atom is 0.0991 e. The molecule has 1 nitrogen and oxygen atoms in total. The van der Waals surface area contributed by atoms with Gasteiger partial charge in [-0.05, 0) is 35.5 Å². The lowest BCUT2D eigenvalue weighted by molar-refractivity contribution is 1.47. The minimum atomic E-state index is 0.696. The Morgan fingerprint density at radius 1 is 1.06 bits per heavy atom. The van der Waals surface area contributed by atoms with Crippen LogP contribution in [0, 0.1) is 18.3 Å². The predicted octanol–water partition coefficient (Wildman–Crippen LogP) is 3.03. The molecule has 2 aromatic carbocycles. The molecule has 0 aliphatic carbocycles. The summed E-state index contributed by atoms with van der Waals surface area (Å²) in [5, 5.41) is 9.92. The number of nitriles is 1. The molecule has 0 heterocycles. The van der Waals surface area contributed by atoms with Crippen molar-refractivity contribution < 1.29 is 0 Å². The molecule has 0 fully saturated rings. The van der Waals surface area contributed by atoms with E-state index in [2.05, 4.69) is 40.4 Å². The van der Waals surface area contributed by atoms with Gasteiger partial charge in [0.05, 0.1) is 11.6 Å². The van der Waals surface area contributed by atoms with E-state index in [1.165, 1.54) is 16.4 Å². The Kier molecular flexibility index (Phi) is 3.04. The molecule has 0 spiro atoms. The van der Waals surface area contributed by atoms with Crippen molar-refractivity contribution in [3.8, 4) is 17.2 Å². The molecule has 0 amide bonds. The van der Waals surface area contributed by atoms with Crippen LogP contribution in [0.1, 0.15) is 11.1 Å². The van der Waals surface area contributed by atoms with E-state index in [0.717, 1.165) is 5.56 Å². The SMILES string of the molecule is Cc1ccc(-c2ccc(C#N)cc2)c(P)c1. The fourth-order valence-corrected chi connectivity index (χ4v) is 2.20. The Balaban J connectivity index is 2.47. The van der Waals surface area contributed by atoms with Gasteiger partial charge in [-0.1, -0.05) is 35.9 Å². The molecule has 1 unspecified atom stereocenters. The van der Waals surface area contributed by atoms with Crippen molar-refractivity contribution >= 4 is 14.5 Å². The van der Waals surface area contributed by atoms with E-state index < -0.39 is 0 Å². The third kappa shape index (κ3) is 2.13. The third-order valence-electron chi connectivity index (χ3n) is 2.53. The Bertz CT molecular complexity index is 550. The van der Waals surface area contributed by atoms with Crippen LogP contribution in [0.3, 0.4) is 0 Å². The number of hydrogen-bond donors (Lipinski definition) is 0. The molecule has 0 radical (unpaired) electrons. The summed E-state index contributed by atoms with van der Waals surface area (Å²) >= 11 is 0. The van der Waals surface area contributed by atoms with Gasteiger partial charge < -0.3 is 0 Å². The van der Waals surface area contributed by atoms with Gasteiger partial charge >= 0.3 is 0 Å². The predicted molar refractivity (Wildman–Crippen MR) is 70.7 cm³/mol. The first-order chi connectivity index (χ1) is 7.70. The van der Waals surface area contributed by atoms with Crippen LogP contribution in [0.25, 0.3) is 11.1 Å². The lowest BCUT2D eigenvalue weighted by Gasteiger charge is -2.06. The van der Waals surface area contributed by atoms with Gasteiger partial charge in [0.25, 0.3) is 0 Å². The lowest BCUT2D eigenvalue weighted by Crippen LogP contribution is -1.97. The van der Waals surface area contributed by atoms with Gasteiger partial charge in [-0.15, -0.1) is 9.24 Å². The zero-order valence-corrected chi connectivity index (χ0v) is 10.2. The minimum absolute atomic E-state index is 0.696. The molecular formula is C14H12NP. The van der Waals surface area contributed by atoms with Crippen molar-refractivity contribution in [2.45, 2.75) is 6.92 Å². The monoisotopic (exact) mass is 225 g/mol. The molecule has 0 N–H and O–H groups in total. The van der Waals surface area contributed by atoms with Crippen molar-refractivity contribution in [1.29, 1.82) is 5.26 Å². The molecule has 2 aromatic rings. The molecule has 0 aliphatic rings. The molecule has 0 aromatic heterocycles. The molecule has 0 saturated heterocycles. The van der Waals surface area contributed by atoms with Crippen LogP contribution in [0.2, 0.25) is 0 Å². The molecule has 2 heteroatoms. The second kappa shape index (κ2) is 4.47. The average Bonchev–Trinajstić information content (AvgIpc) is 2.29. The second-order valence-corrected chi connectivity index (χ2v) is 4.40. The van der Waals surface area contributed by atoms with E-state index in [9.17, 15) is 0 Å². The minimum Gasteiger partial charge on any atom is -0.192 e. The molecule has 1 atom stereocenters. The molecule has 2 rings (SSSR count). The zero-order valence-electron chi connectivity index (χ0n) is 9.07. The smallest absolute Gasteiger partial charge is 0.0991 e.